The van der Waals surface area contributed by atoms with E-state index in [4.69, 9.17) is 5.73 Å². The largest absolute Gasteiger partial charge is 0.384 e. The zero-order chi connectivity index (χ0) is 14.5. The fourth-order valence-corrected chi connectivity index (χ4v) is 3.02. The predicted octanol–water partition coefficient (Wildman–Crippen LogP) is 1.38. The van der Waals surface area contributed by atoms with Gasteiger partial charge < -0.3 is 11.1 Å². The van der Waals surface area contributed by atoms with E-state index in [0.717, 1.165) is 0 Å². The Bertz CT molecular complexity index is 500. The third kappa shape index (κ3) is 4.81. The van der Waals surface area contributed by atoms with E-state index in [2.05, 4.69) is 10.0 Å². The van der Waals surface area contributed by atoms with E-state index in [1.54, 1.807) is 32.0 Å². The van der Waals surface area contributed by atoms with Gasteiger partial charge in [0.1, 0.15) is 4.90 Å². The lowest BCUT2D eigenvalue weighted by Gasteiger charge is -2.16. The van der Waals surface area contributed by atoms with Crippen LogP contribution in [0.4, 0.5) is 5.69 Å². The van der Waals surface area contributed by atoms with Gasteiger partial charge in [-0.1, -0.05) is 19.1 Å². The van der Waals surface area contributed by atoms with E-state index in [1.807, 2.05) is 13.0 Å². The molecule has 0 radical (unpaired) electrons. The molecule has 108 valence electrons. The van der Waals surface area contributed by atoms with E-state index in [-0.39, 0.29) is 16.9 Å². The van der Waals surface area contributed by atoms with Crippen LogP contribution in [0.3, 0.4) is 0 Å². The molecule has 0 aromatic heterocycles. The quantitative estimate of drug-likeness (QED) is 0.706. The highest BCUT2D eigenvalue weighted by atomic mass is 32.2. The van der Waals surface area contributed by atoms with Crippen LogP contribution in [0.25, 0.3) is 0 Å². The summed E-state index contributed by atoms with van der Waals surface area (Å²) in [6.07, 6.45) is 0. The van der Waals surface area contributed by atoms with Crippen molar-refractivity contribution in [2.24, 2.45) is 11.7 Å². The molecule has 5 nitrogen and oxygen atoms in total. The number of hydrogen-bond donors (Lipinski definition) is 3. The van der Waals surface area contributed by atoms with Crippen LogP contribution in [0.2, 0.25) is 0 Å². The Morgan fingerprint density at radius 3 is 2.42 bits per heavy atom. The Hall–Kier alpha value is -1.11. The van der Waals surface area contributed by atoms with Gasteiger partial charge in [-0.25, -0.2) is 13.1 Å². The van der Waals surface area contributed by atoms with Crippen LogP contribution in [0.1, 0.15) is 20.8 Å². The summed E-state index contributed by atoms with van der Waals surface area (Å²) >= 11 is 0. The molecule has 0 amide bonds. The number of nitrogens with two attached hydrogens (primary N) is 1. The minimum atomic E-state index is -3.49. The van der Waals surface area contributed by atoms with Crippen LogP contribution in [-0.2, 0) is 10.0 Å². The molecule has 0 fully saturated rings. The van der Waals surface area contributed by atoms with Crippen molar-refractivity contribution in [2.75, 3.05) is 18.4 Å². The number of rotatable bonds is 7. The number of nitrogens with one attached hydrogen (secondary N) is 2. The molecule has 1 atom stereocenters. The van der Waals surface area contributed by atoms with Crippen molar-refractivity contribution in [3.8, 4) is 0 Å². The fourth-order valence-electron chi connectivity index (χ4n) is 1.59. The summed E-state index contributed by atoms with van der Waals surface area (Å²) < 4.78 is 27.0. The second kappa shape index (κ2) is 6.88. The first kappa shape index (κ1) is 15.9. The first-order valence-corrected chi connectivity index (χ1v) is 7.90. The Kier molecular flexibility index (Phi) is 5.78. The second-order valence-electron chi connectivity index (χ2n) is 4.99. The molecule has 19 heavy (non-hydrogen) atoms. The van der Waals surface area contributed by atoms with Crippen LogP contribution in [-0.4, -0.2) is 27.5 Å². The molecule has 1 aromatic carbocycles. The Balaban J connectivity index is 2.96. The van der Waals surface area contributed by atoms with Gasteiger partial charge in [-0.3, -0.25) is 0 Å². The zero-order valence-corrected chi connectivity index (χ0v) is 12.5. The molecule has 1 unspecified atom stereocenters. The van der Waals surface area contributed by atoms with Crippen molar-refractivity contribution in [1.29, 1.82) is 0 Å². The molecular weight excluding hydrogens is 262 g/mol. The number of sulfonamides is 1. The van der Waals surface area contributed by atoms with E-state index in [9.17, 15) is 8.42 Å². The summed E-state index contributed by atoms with van der Waals surface area (Å²) in [5.41, 5.74) is 6.16. The van der Waals surface area contributed by atoms with Crippen LogP contribution < -0.4 is 15.8 Å². The van der Waals surface area contributed by atoms with Gasteiger partial charge in [0.05, 0.1) is 5.69 Å². The van der Waals surface area contributed by atoms with Gasteiger partial charge in [0.2, 0.25) is 10.0 Å². The molecule has 0 saturated carbocycles. The van der Waals surface area contributed by atoms with Crippen molar-refractivity contribution >= 4 is 15.7 Å². The monoisotopic (exact) mass is 285 g/mol. The smallest absolute Gasteiger partial charge is 0.242 e. The minimum absolute atomic E-state index is 0.138. The molecule has 0 spiro atoms. The van der Waals surface area contributed by atoms with Gasteiger partial charge in [0.25, 0.3) is 0 Å². The Morgan fingerprint density at radius 1 is 1.21 bits per heavy atom. The third-order valence-corrected chi connectivity index (χ3v) is 4.33. The topological polar surface area (TPSA) is 84.2 Å². The molecule has 1 rings (SSSR count). The maximum Gasteiger partial charge on any atom is 0.242 e. The highest BCUT2D eigenvalue weighted by molar-refractivity contribution is 7.89. The normalized spacial score (nSPS) is 13.5. The molecule has 4 N–H and O–H groups in total. The maximum absolute atomic E-state index is 12.2. The highest BCUT2D eigenvalue weighted by Gasteiger charge is 2.19. The lowest BCUT2D eigenvalue weighted by Crippen LogP contribution is -2.31. The minimum Gasteiger partial charge on any atom is -0.384 e. The average molecular weight is 285 g/mol. The van der Waals surface area contributed by atoms with Gasteiger partial charge in [-0.2, -0.15) is 0 Å². The third-order valence-electron chi connectivity index (χ3n) is 2.61. The van der Waals surface area contributed by atoms with Crippen LogP contribution in [0.15, 0.2) is 29.2 Å². The van der Waals surface area contributed by atoms with E-state index >= 15 is 0 Å². The van der Waals surface area contributed by atoms with Crippen molar-refractivity contribution < 1.29 is 8.42 Å². The number of benzene rings is 1. The molecule has 1 aromatic rings. The first-order chi connectivity index (χ1) is 8.86. The molecule has 0 aliphatic rings. The lowest BCUT2D eigenvalue weighted by atomic mass is 10.2. The van der Waals surface area contributed by atoms with Gasteiger partial charge in [0.15, 0.2) is 0 Å². The van der Waals surface area contributed by atoms with Crippen molar-refractivity contribution in [2.45, 2.75) is 31.7 Å². The molecule has 0 saturated heterocycles. The molecule has 0 aliphatic heterocycles. The van der Waals surface area contributed by atoms with Crippen LogP contribution in [0.5, 0.6) is 0 Å². The van der Waals surface area contributed by atoms with Gasteiger partial charge in [-0.15, -0.1) is 0 Å². The summed E-state index contributed by atoms with van der Waals surface area (Å²) in [7, 11) is -3.49. The molecule has 0 heterocycles. The molecule has 6 heteroatoms. The van der Waals surface area contributed by atoms with Crippen molar-refractivity contribution in [3.05, 3.63) is 24.3 Å². The summed E-state index contributed by atoms with van der Waals surface area (Å²) in [4.78, 5) is 0.271. The number of hydrogen-bond acceptors (Lipinski definition) is 4. The Labute approximate surface area is 115 Å². The molecular formula is C13H23N3O2S. The average Bonchev–Trinajstić information content (AvgIpc) is 2.34. The van der Waals surface area contributed by atoms with Crippen LogP contribution >= 0.6 is 0 Å². The summed E-state index contributed by atoms with van der Waals surface area (Å²) in [6.45, 7) is 6.81. The van der Waals surface area contributed by atoms with Gasteiger partial charge in [-0.05, 0) is 38.4 Å². The first-order valence-electron chi connectivity index (χ1n) is 6.42. The van der Waals surface area contributed by atoms with E-state index in [0.29, 0.717) is 18.8 Å². The standard InChI is InChI=1S/C13H23N3O2S/c1-10(2)16-19(17,18)13-7-5-4-6-12(13)15-9-11(3)8-14/h4-7,10-11,15-16H,8-9,14H2,1-3H3. The van der Waals surface area contributed by atoms with Crippen molar-refractivity contribution in [3.63, 3.8) is 0 Å². The van der Waals surface area contributed by atoms with E-state index < -0.39 is 10.0 Å². The van der Waals surface area contributed by atoms with E-state index in [1.165, 1.54) is 0 Å². The second-order valence-corrected chi connectivity index (χ2v) is 6.68. The molecule has 0 bridgehead atoms. The van der Waals surface area contributed by atoms with Gasteiger partial charge >= 0.3 is 0 Å². The number of para-hydroxylation sites is 1. The summed E-state index contributed by atoms with van der Waals surface area (Å²) in [5.74, 6) is 0.286. The molecule has 0 aliphatic carbocycles. The van der Waals surface area contributed by atoms with Crippen molar-refractivity contribution in [1.82, 2.24) is 4.72 Å². The zero-order valence-electron chi connectivity index (χ0n) is 11.7. The highest BCUT2D eigenvalue weighted by Crippen LogP contribution is 2.21. The summed E-state index contributed by atoms with van der Waals surface area (Å²) in [6, 6.07) is 6.75. The van der Waals surface area contributed by atoms with Crippen LogP contribution in [0, 0.1) is 5.92 Å². The predicted molar refractivity (Wildman–Crippen MR) is 78.6 cm³/mol. The SMILES string of the molecule is CC(CN)CNc1ccccc1S(=O)(=O)NC(C)C. The lowest BCUT2D eigenvalue weighted by molar-refractivity contribution is 0.569. The Morgan fingerprint density at radius 2 is 1.84 bits per heavy atom. The maximum atomic E-state index is 12.2. The van der Waals surface area contributed by atoms with Gasteiger partial charge in [0, 0.05) is 12.6 Å². The fraction of sp³-hybridized carbons (Fsp3) is 0.538. The summed E-state index contributed by atoms with van der Waals surface area (Å²) in [5, 5.41) is 3.14. The number of anilines is 1.